The maximum atomic E-state index is 12.5. The number of thiazole rings is 1. The Hall–Kier alpha value is -2.06. The van der Waals surface area contributed by atoms with Gasteiger partial charge in [0.25, 0.3) is 0 Å². The number of rotatable bonds is 5. The number of carbonyl (C=O) groups excluding carboxylic acids is 1. The molecule has 3 N–H and O–H groups in total. The first-order chi connectivity index (χ1) is 12.8. The number of hydrogen-bond acceptors (Lipinski definition) is 7. The van der Waals surface area contributed by atoms with Gasteiger partial charge < -0.3 is 16.0 Å². The molecule has 0 radical (unpaired) electrons. The van der Waals surface area contributed by atoms with Gasteiger partial charge in [-0.15, -0.1) is 11.3 Å². The third-order valence-electron chi connectivity index (χ3n) is 4.90. The number of aromatic nitrogens is 3. The lowest BCUT2D eigenvalue weighted by Crippen LogP contribution is -2.49. The van der Waals surface area contributed by atoms with Crippen molar-refractivity contribution in [2.75, 3.05) is 18.4 Å². The van der Waals surface area contributed by atoms with Crippen molar-refractivity contribution in [3.63, 3.8) is 0 Å². The van der Waals surface area contributed by atoms with E-state index in [1.807, 2.05) is 44.9 Å². The Morgan fingerprint density at radius 2 is 2.00 bits per heavy atom. The summed E-state index contributed by atoms with van der Waals surface area (Å²) in [5.74, 6) is 2.06. The number of carbonyl (C=O) groups is 1. The van der Waals surface area contributed by atoms with Gasteiger partial charge in [-0.1, -0.05) is 13.8 Å². The molecule has 0 unspecified atom stereocenters. The normalized spacial score (nSPS) is 16.6. The van der Waals surface area contributed by atoms with Crippen LogP contribution in [0.5, 0.6) is 0 Å². The number of likely N-dealkylation sites (tertiary alicyclic amines) is 1. The molecule has 2 aromatic heterocycles. The minimum Gasteiger partial charge on any atom is -0.341 e. The van der Waals surface area contributed by atoms with Crippen LogP contribution in [0.1, 0.15) is 49.0 Å². The third kappa shape index (κ3) is 4.81. The summed E-state index contributed by atoms with van der Waals surface area (Å²) in [5.41, 5.74) is 6.95. The minimum atomic E-state index is -0.422. The summed E-state index contributed by atoms with van der Waals surface area (Å²) in [6.07, 6.45) is 3.56. The van der Waals surface area contributed by atoms with E-state index in [9.17, 15) is 4.79 Å². The first-order valence-electron chi connectivity index (χ1n) is 9.43. The van der Waals surface area contributed by atoms with Crippen LogP contribution in [-0.2, 0) is 4.79 Å². The molecule has 1 aliphatic heterocycles. The van der Waals surface area contributed by atoms with Gasteiger partial charge in [0, 0.05) is 41.8 Å². The molecular weight excluding hydrogens is 360 g/mol. The predicted molar refractivity (Wildman–Crippen MR) is 108 cm³/mol. The highest BCUT2D eigenvalue weighted by molar-refractivity contribution is 7.15. The number of hydrogen-bond donors (Lipinski definition) is 2. The van der Waals surface area contributed by atoms with Gasteiger partial charge in [-0.05, 0) is 32.6 Å². The largest absolute Gasteiger partial charge is 0.341 e. The van der Waals surface area contributed by atoms with E-state index in [0.717, 1.165) is 40.2 Å². The maximum Gasteiger partial charge on any atom is 0.239 e. The molecule has 0 saturated carbocycles. The molecule has 0 spiro atoms. The number of nitrogens with zero attached hydrogens (tertiary/aromatic N) is 4. The van der Waals surface area contributed by atoms with Crippen LogP contribution in [0, 0.1) is 19.8 Å². The van der Waals surface area contributed by atoms with Crippen molar-refractivity contribution < 1.29 is 4.79 Å². The Balaban J connectivity index is 1.66. The second kappa shape index (κ2) is 8.31. The summed E-state index contributed by atoms with van der Waals surface area (Å²) >= 11 is 1.60. The zero-order valence-electron chi connectivity index (χ0n) is 16.4. The van der Waals surface area contributed by atoms with Crippen molar-refractivity contribution in [2.24, 2.45) is 11.7 Å². The summed E-state index contributed by atoms with van der Waals surface area (Å²) in [6, 6.07) is 1.51. The number of nitrogens with two attached hydrogens (primary N) is 1. The van der Waals surface area contributed by atoms with Gasteiger partial charge in [-0.3, -0.25) is 4.79 Å². The van der Waals surface area contributed by atoms with E-state index in [-0.39, 0.29) is 17.7 Å². The van der Waals surface area contributed by atoms with Crippen LogP contribution >= 0.6 is 11.3 Å². The summed E-state index contributed by atoms with van der Waals surface area (Å²) in [6.45, 7) is 9.37. The molecular formula is C19H28N6OS. The molecule has 1 saturated heterocycles. The smallest absolute Gasteiger partial charge is 0.239 e. The number of aryl methyl sites for hydroxylation is 2. The Morgan fingerprint density at radius 3 is 2.59 bits per heavy atom. The summed E-state index contributed by atoms with van der Waals surface area (Å²) < 4.78 is 0. The number of amides is 1. The van der Waals surface area contributed by atoms with Gasteiger partial charge in [0.2, 0.25) is 5.91 Å². The van der Waals surface area contributed by atoms with Crippen LogP contribution in [0.4, 0.5) is 10.9 Å². The zero-order valence-corrected chi connectivity index (χ0v) is 17.2. The standard InChI is InChI=1S/C19H28N6OS/c1-11(2)16(20)18(26)25-7-5-14(6-8-25)17-22-12(3)9-15(23-17)24-19-21-10-13(4)27-19/h9-11,14,16H,5-8,20H2,1-4H3,(H,21,22,23,24)/t16-/m0/s1. The third-order valence-corrected chi connectivity index (χ3v) is 5.73. The molecule has 27 heavy (non-hydrogen) atoms. The SMILES string of the molecule is Cc1cc(Nc2ncc(C)s2)nc(C2CCN(C(=O)[C@@H](N)C(C)C)CC2)n1. The highest BCUT2D eigenvalue weighted by Gasteiger charge is 2.29. The molecule has 3 rings (SSSR count). The Bertz CT molecular complexity index is 797. The highest BCUT2D eigenvalue weighted by Crippen LogP contribution is 2.28. The molecule has 8 heteroatoms. The van der Waals surface area contributed by atoms with Gasteiger partial charge in [0.05, 0.1) is 6.04 Å². The van der Waals surface area contributed by atoms with E-state index < -0.39 is 6.04 Å². The van der Waals surface area contributed by atoms with Crippen molar-refractivity contribution in [3.05, 3.63) is 28.7 Å². The second-order valence-corrected chi connectivity index (χ2v) is 8.76. The molecule has 0 aromatic carbocycles. The van der Waals surface area contributed by atoms with Crippen LogP contribution in [0.15, 0.2) is 12.3 Å². The molecule has 1 aliphatic rings. The van der Waals surface area contributed by atoms with Crippen molar-refractivity contribution in [1.29, 1.82) is 0 Å². The second-order valence-electron chi connectivity index (χ2n) is 7.52. The molecule has 1 atom stereocenters. The molecule has 3 heterocycles. The predicted octanol–water partition coefficient (Wildman–Crippen LogP) is 2.98. The lowest BCUT2D eigenvalue weighted by atomic mass is 9.94. The molecule has 7 nitrogen and oxygen atoms in total. The highest BCUT2D eigenvalue weighted by atomic mass is 32.1. The number of piperidine rings is 1. The molecule has 0 aliphatic carbocycles. The topological polar surface area (TPSA) is 97.0 Å². The first-order valence-corrected chi connectivity index (χ1v) is 10.2. The van der Waals surface area contributed by atoms with Crippen molar-refractivity contribution in [3.8, 4) is 0 Å². The van der Waals surface area contributed by atoms with Gasteiger partial charge in [-0.2, -0.15) is 0 Å². The molecule has 1 amide bonds. The maximum absolute atomic E-state index is 12.5. The molecule has 1 fully saturated rings. The van der Waals surface area contributed by atoms with Crippen molar-refractivity contribution in [2.45, 2.75) is 52.5 Å². The fourth-order valence-electron chi connectivity index (χ4n) is 3.21. The van der Waals surface area contributed by atoms with Crippen molar-refractivity contribution >= 4 is 28.2 Å². The average molecular weight is 389 g/mol. The van der Waals surface area contributed by atoms with Gasteiger partial charge in [0.15, 0.2) is 5.13 Å². The zero-order chi connectivity index (χ0) is 19.6. The van der Waals surface area contributed by atoms with Crippen LogP contribution < -0.4 is 11.1 Å². The molecule has 0 bridgehead atoms. The fraction of sp³-hybridized carbons (Fsp3) is 0.579. The number of anilines is 2. The van der Waals surface area contributed by atoms with E-state index in [1.54, 1.807) is 11.3 Å². The summed E-state index contributed by atoms with van der Waals surface area (Å²) in [7, 11) is 0. The summed E-state index contributed by atoms with van der Waals surface area (Å²) in [5, 5.41) is 4.11. The summed E-state index contributed by atoms with van der Waals surface area (Å²) in [4.78, 5) is 29.2. The van der Waals surface area contributed by atoms with E-state index >= 15 is 0 Å². The Morgan fingerprint density at radius 1 is 1.30 bits per heavy atom. The van der Waals surface area contributed by atoms with Crippen LogP contribution in [-0.4, -0.2) is 44.9 Å². The Labute approximate surface area is 164 Å². The van der Waals surface area contributed by atoms with Crippen LogP contribution in [0.25, 0.3) is 0 Å². The van der Waals surface area contributed by atoms with E-state index in [4.69, 9.17) is 10.7 Å². The lowest BCUT2D eigenvalue weighted by Gasteiger charge is -2.33. The monoisotopic (exact) mass is 388 g/mol. The lowest BCUT2D eigenvalue weighted by molar-refractivity contribution is -0.134. The van der Waals surface area contributed by atoms with E-state index in [1.165, 1.54) is 0 Å². The van der Waals surface area contributed by atoms with Crippen LogP contribution in [0.2, 0.25) is 0 Å². The van der Waals surface area contributed by atoms with Gasteiger partial charge in [0.1, 0.15) is 11.6 Å². The average Bonchev–Trinajstić information content (AvgIpc) is 3.04. The van der Waals surface area contributed by atoms with E-state index in [2.05, 4.69) is 15.3 Å². The molecule has 2 aromatic rings. The fourth-order valence-corrected chi connectivity index (χ4v) is 3.89. The van der Waals surface area contributed by atoms with Gasteiger partial charge >= 0.3 is 0 Å². The van der Waals surface area contributed by atoms with Gasteiger partial charge in [-0.25, -0.2) is 15.0 Å². The van der Waals surface area contributed by atoms with E-state index in [0.29, 0.717) is 13.1 Å². The Kier molecular flexibility index (Phi) is 6.06. The van der Waals surface area contributed by atoms with Crippen LogP contribution in [0.3, 0.4) is 0 Å². The minimum absolute atomic E-state index is 0.0510. The number of nitrogens with one attached hydrogen (secondary N) is 1. The van der Waals surface area contributed by atoms with Crippen molar-refractivity contribution in [1.82, 2.24) is 19.9 Å². The first kappa shape index (κ1) is 19.7. The molecule has 146 valence electrons. The quantitative estimate of drug-likeness (QED) is 0.817.